The summed E-state index contributed by atoms with van der Waals surface area (Å²) in [6.45, 7) is 11.7. The number of aliphatic hydroxyl groups is 1. The van der Waals surface area contributed by atoms with Gasteiger partial charge in [-0.15, -0.1) is 11.3 Å². The fraction of sp³-hybridized carbons (Fsp3) is 0.500. The van der Waals surface area contributed by atoms with E-state index in [-0.39, 0.29) is 17.9 Å². The number of amides is 2. The molecule has 2 aromatic heterocycles. The van der Waals surface area contributed by atoms with Crippen LogP contribution in [0.3, 0.4) is 0 Å². The van der Waals surface area contributed by atoms with Crippen LogP contribution in [0.2, 0.25) is 0 Å². The first-order chi connectivity index (χ1) is 12.1. The molecule has 142 valence electrons. The van der Waals surface area contributed by atoms with Crippen LogP contribution in [0, 0.1) is 0 Å². The van der Waals surface area contributed by atoms with Crippen LogP contribution in [0.25, 0.3) is 0 Å². The highest BCUT2D eigenvalue weighted by Gasteiger charge is 2.20. The molecule has 0 radical (unpaired) electrons. The number of hydrogen-bond acceptors (Lipinski definition) is 6. The molecule has 2 heterocycles. The molecular formula is C18H26N4O2S2. The Morgan fingerprint density at radius 2 is 1.73 bits per heavy atom. The fourth-order valence-corrected chi connectivity index (χ4v) is 3.88. The molecule has 0 saturated heterocycles. The molecule has 0 spiro atoms. The van der Waals surface area contributed by atoms with Gasteiger partial charge in [0.2, 0.25) is 0 Å². The number of hydrogen-bond donors (Lipinski definition) is 3. The standard InChI is InChI=1S/C18H26N4O2S2/c1-10(2)12-7-19-8-13(11(3)4)15(12)21-16(23)22-26-17-20-9-14(25-17)18(5,6)24/h7-11,24H,1-6H3,(H2,19,21,22,23). The Bertz CT molecular complexity index is 741. The summed E-state index contributed by atoms with van der Waals surface area (Å²) in [5, 5.41) is 13.0. The normalized spacial score (nSPS) is 11.9. The van der Waals surface area contributed by atoms with E-state index in [2.05, 4.69) is 47.7 Å². The molecule has 0 fully saturated rings. The number of rotatable bonds is 6. The third-order valence-corrected chi connectivity index (χ3v) is 5.98. The number of thiazole rings is 1. The van der Waals surface area contributed by atoms with Gasteiger partial charge in [0.25, 0.3) is 0 Å². The molecule has 0 bridgehead atoms. The van der Waals surface area contributed by atoms with Crippen molar-refractivity contribution in [2.45, 2.75) is 63.3 Å². The van der Waals surface area contributed by atoms with Crippen LogP contribution < -0.4 is 10.0 Å². The van der Waals surface area contributed by atoms with Gasteiger partial charge in [0.15, 0.2) is 4.34 Å². The third kappa shape index (κ3) is 5.18. The van der Waals surface area contributed by atoms with Crippen molar-refractivity contribution in [1.82, 2.24) is 14.7 Å². The average molecular weight is 395 g/mol. The summed E-state index contributed by atoms with van der Waals surface area (Å²) in [7, 11) is 0. The summed E-state index contributed by atoms with van der Waals surface area (Å²) in [6, 6.07) is -0.315. The fourth-order valence-electron chi connectivity index (χ4n) is 2.33. The average Bonchev–Trinajstić information content (AvgIpc) is 3.02. The number of aromatic nitrogens is 2. The minimum atomic E-state index is -0.936. The maximum atomic E-state index is 12.4. The van der Waals surface area contributed by atoms with Crippen molar-refractivity contribution < 1.29 is 9.90 Å². The number of nitrogens with one attached hydrogen (secondary N) is 2. The molecule has 26 heavy (non-hydrogen) atoms. The van der Waals surface area contributed by atoms with Crippen molar-refractivity contribution in [1.29, 1.82) is 0 Å². The molecule has 0 unspecified atom stereocenters. The van der Waals surface area contributed by atoms with Gasteiger partial charge in [-0.3, -0.25) is 9.71 Å². The first-order valence-electron chi connectivity index (χ1n) is 8.50. The van der Waals surface area contributed by atoms with Crippen LogP contribution in [-0.4, -0.2) is 21.1 Å². The van der Waals surface area contributed by atoms with Gasteiger partial charge in [-0.25, -0.2) is 9.78 Å². The zero-order valence-corrected chi connectivity index (χ0v) is 17.6. The first kappa shape index (κ1) is 20.7. The van der Waals surface area contributed by atoms with E-state index in [1.165, 1.54) is 11.3 Å². The predicted molar refractivity (Wildman–Crippen MR) is 108 cm³/mol. The van der Waals surface area contributed by atoms with Gasteiger partial charge in [-0.05, 0) is 36.8 Å². The number of carbonyl (C=O) groups excluding carboxylic acids is 1. The molecule has 0 aliphatic rings. The molecule has 2 aromatic rings. The zero-order chi connectivity index (χ0) is 19.5. The lowest BCUT2D eigenvalue weighted by atomic mass is 9.95. The number of nitrogens with zero attached hydrogens (tertiary/aromatic N) is 2. The van der Waals surface area contributed by atoms with E-state index in [1.54, 1.807) is 32.4 Å². The Balaban J connectivity index is 2.09. The number of urea groups is 1. The molecule has 0 aromatic carbocycles. The smallest absolute Gasteiger partial charge is 0.329 e. The lowest BCUT2D eigenvalue weighted by molar-refractivity contribution is 0.0823. The molecule has 2 amide bonds. The second kappa shape index (κ2) is 8.37. The molecular weight excluding hydrogens is 368 g/mol. The maximum Gasteiger partial charge on any atom is 0.329 e. The van der Waals surface area contributed by atoms with Crippen molar-refractivity contribution in [3.05, 3.63) is 34.6 Å². The number of anilines is 1. The lowest BCUT2D eigenvalue weighted by Gasteiger charge is -2.19. The highest BCUT2D eigenvalue weighted by molar-refractivity contribution is 7.99. The lowest BCUT2D eigenvalue weighted by Crippen LogP contribution is -2.24. The molecule has 8 heteroatoms. The van der Waals surface area contributed by atoms with Gasteiger partial charge in [0.1, 0.15) is 0 Å². The molecule has 6 nitrogen and oxygen atoms in total. The largest absolute Gasteiger partial charge is 0.385 e. The summed E-state index contributed by atoms with van der Waals surface area (Å²) in [6.07, 6.45) is 5.23. The second-order valence-electron chi connectivity index (χ2n) is 7.21. The summed E-state index contributed by atoms with van der Waals surface area (Å²) in [4.78, 5) is 21.7. The summed E-state index contributed by atoms with van der Waals surface area (Å²) < 4.78 is 3.42. The summed E-state index contributed by atoms with van der Waals surface area (Å²) in [5.41, 5.74) is 1.90. The van der Waals surface area contributed by atoms with Gasteiger partial charge in [-0.1, -0.05) is 27.7 Å². The van der Waals surface area contributed by atoms with Crippen molar-refractivity contribution in [3.8, 4) is 0 Å². The van der Waals surface area contributed by atoms with Crippen LogP contribution in [0.1, 0.15) is 69.4 Å². The van der Waals surface area contributed by atoms with Gasteiger partial charge in [0, 0.05) is 30.5 Å². The Labute approximate surface area is 163 Å². The molecule has 2 rings (SSSR count). The summed E-state index contributed by atoms with van der Waals surface area (Å²) in [5.74, 6) is 0.495. The molecule has 0 aliphatic carbocycles. The predicted octanol–water partition coefficient (Wildman–Crippen LogP) is 4.84. The summed E-state index contributed by atoms with van der Waals surface area (Å²) >= 11 is 2.49. The maximum absolute atomic E-state index is 12.4. The van der Waals surface area contributed by atoms with Crippen molar-refractivity contribution in [2.24, 2.45) is 0 Å². The minimum Gasteiger partial charge on any atom is -0.385 e. The zero-order valence-electron chi connectivity index (χ0n) is 16.0. The number of carbonyl (C=O) groups is 1. The molecule has 0 saturated carbocycles. The van der Waals surface area contributed by atoms with Crippen molar-refractivity contribution in [3.63, 3.8) is 0 Å². The quantitative estimate of drug-likeness (QED) is 0.610. The van der Waals surface area contributed by atoms with Gasteiger partial charge < -0.3 is 10.4 Å². The topological polar surface area (TPSA) is 87.1 Å². The van der Waals surface area contributed by atoms with Crippen molar-refractivity contribution >= 4 is 35.0 Å². The van der Waals surface area contributed by atoms with E-state index in [1.807, 2.05) is 0 Å². The Morgan fingerprint density at radius 1 is 1.15 bits per heavy atom. The van der Waals surface area contributed by atoms with Crippen LogP contribution in [0.15, 0.2) is 22.9 Å². The van der Waals surface area contributed by atoms with E-state index in [0.717, 1.165) is 33.6 Å². The SMILES string of the molecule is CC(C)c1cncc(C(C)C)c1NC(=O)NSc1ncc(C(C)(C)O)s1. The molecule has 0 aliphatic heterocycles. The second-order valence-corrected chi connectivity index (χ2v) is 9.29. The Morgan fingerprint density at radius 3 is 2.19 bits per heavy atom. The first-order valence-corrected chi connectivity index (χ1v) is 10.1. The van der Waals surface area contributed by atoms with E-state index in [4.69, 9.17) is 0 Å². The van der Waals surface area contributed by atoms with Crippen LogP contribution >= 0.6 is 23.3 Å². The third-order valence-electron chi connectivity index (χ3n) is 3.81. The van der Waals surface area contributed by atoms with Crippen LogP contribution in [-0.2, 0) is 5.60 Å². The van der Waals surface area contributed by atoms with E-state index in [9.17, 15) is 9.90 Å². The van der Waals surface area contributed by atoms with Crippen LogP contribution in [0.5, 0.6) is 0 Å². The molecule has 0 atom stereocenters. The van der Waals surface area contributed by atoms with E-state index >= 15 is 0 Å². The van der Waals surface area contributed by atoms with Gasteiger partial charge in [-0.2, -0.15) is 0 Å². The minimum absolute atomic E-state index is 0.248. The van der Waals surface area contributed by atoms with E-state index in [0.29, 0.717) is 4.34 Å². The van der Waals surface area contributed by atoms with Gasteiger partial charge >= 0.3 is 6.03 Å². The van der Waals surface area contributed by atoms with Crippen LogP contribution in [0.4, 0.5) is 10.5 Å². The highest BCUT2D eigenvalue weighted by atomic mass is 32.2. The molecule has 3 N–H and O–H groups in total. The van der Waals surface area contributed by atoms with E-state index < -0.39 is 5.60 Å². The highest BCUT2D eigenvalue weighted by Crippen LogP contribution is 2.32. The van der Waals surface area contributed by atoms with Gasteiger partial charge in [0.05, 0.1) is 16.2 Å². The Kier molecular flexibility index (Phi) is 6.65. The van der Waals surface area contributed by atoms with Crippen molar-refractivity contribution in [2.75, 3.05) is 5.32 Å². The number of pyridine rings is 1. The monoisotopic (exact) mass is 394 g/mol. The Hall–Kier alpha value is -1.64.